The van der Waals surface area contributed by atoms with Crippen LogP contribution in [0.2, 0.25) is 0 Å². The second kappa shape index (κ2) is 10.5. The van der Waals surface area contributed by atoms with E-state index < -0.39 is 26.0 Å². The Bertz CT molecular complexity index is 456. The van der Waals surface area contributed by atoms with E-state index >= 15 is 0 Å². The molecule has 0 aliphatic carbocycles. The zero-order valence-corrected chi connectivity index (χ0v) is 14.0. The van der Waals surface area contributed by atoms with Crippen molar-refractivity contribution >= 4 is 20.5 Å². The molecule has 2 N–H and O–H groups in total. The van der Waals surface area contributed by atoms with Crippen molar-refractivity contribution in [2.45, 2.75) is 76.6 Å². The first-order valence-corrected chi connectivity index (χ1v) is 10.2. The lowest BCUT2D eigenvalue weighted by atomic mass is 10.1. The maximum atomic E-state index is 10.9. The van der Waals surface area contributed by atoms with Gasteiger partial charge in [-0.2, -0.15) is 16.8 Å². The van der Waals surface area contributed by atoms with Gasteiger partial charge in [-0.3, -0.25) is 9.11 Å². The molecule has 0 fully saturated rings. The van der Waals surface area contributed by atoms with Crippen LogP contribution in [0.3, 0.4) is 0 Å². The summed E-state index contributed by atoms with van der Waals surface area (Å²) in [7, 11) is -9.57. The smallest absolute Gasteiger partial charge is 0.284 e. The highest BCUT2D eigenvalue weighted by Crippen LogP contribution is 2.16. The fourth-order valence-electron chi connectivity index (χ4n) is 2.00. The first kappa shape index (κ1) is 20.8. The van der Waals surface area contributed by atoms with E-state index in [2.05, 4.69) is 11.1 Å². The molecule has 0 aliphatic rings. The maximum absolute atomic E-state index is 10.9. The summed E-state index contributed by atoms with van der Waals surface area (Å²) >= 11 is 0. The molecule has 21 heavy (non-hydrogen) atoms. The summed E-state index contributed by atoms with van der Waals surface area (Å²) in [6.07, 6.45) is 8.88. The van der Waals surface area contributed by atoms with Gasteiger partial charge in [0.15, 0.2) is 0 Å². The Morgan fingerprint density at radius 3 is 1.62 bits per heavy atom. The van der Waals surface area contributed by atoms with Gasteiger partial charge in [-0.15, -0.1) is 0 Å². The summed E-state index contributed by atoms with van der Waals surface area (Å²) in [5.41, 5.74) is -1.93. The molecule has 0 rings (SSSR count). The van der Waals surface area contributed by atoms with Crippen LogP contribution in [0.25, 0.3) is 0 Å². The minimum atomic E-state index is -4.91. The van der Waals surface area contributed by atoms with Gasteiger partial charge in [-0.1, -0.05) is 58.3 Å². The van der Waals surface area contributed by atoms with Crippen molar-refractivity contribution in [2.24, 2.45) is 0 Å². The normalized spacial score (nSPS) is 14.2. The van der Waals surface area contributed by atoms with Crippen molar-refractivity contribution in [1.82, 2.24) is 0 Å². The topological polar surface area (TPSA) is 118 Å². The SMILES string of the molecule is CCCCCCCCCCCC(OS(=O)(=O)O)S(=O)(=O)O. The first-order valence-electron chi connectivity index (χ1n) is 7.29. The average Bonchev–Trinajstić information content (AvgIpc) is 2.32. The lowest BCUT2D eigenvalue weighted by Gasteiger charge is -2.12. The van der Waals surface area contributed by atoms with Crippen molar-refractivity contribution in [1.29, 1.82) is 0 Å². The van der Waals surface area contributed by atoms with E-state index in [0.29, 0.717) is 12.8 Å². The molecule has 7 nitrogen and oxygen atoms in total. The summed E-state index contributed by atoms with van der Waals surface area (Å²) in [5.74, 6) is 0. The van der Waals surface area contributed by atoms with Crippen molar-refractivity contribution in [3.8, 4) is 0 Å². The second-order valence-electron chi connectivity index (χ2n) is 5.09. The molecule has 0 spiro atoms. The van der Waals surface area contributed by atoms with Crippen molar-refractivity contribution in [2.75, 3.05) is 0 Å². The third-order valence-corrected chi connectivity index (χ3v) is 4.70. The number of rotatable bonds is 13. The monoisotopic (exact) mass is 346 g/mol. The van der Waals surface area contributed by atoms with Crippen molar-refractivity contribution in [3.05, 3.63) is 0 Å². The Hall–Kier alpha value is -0.220. The number of hydrogen-bond donors (Lipinski definition) is 2. The fraction of sp³-hybridized carbons (Fsp3) is 1.00. The van der Waals surface area contributed by atoms with Crippen LogP contribution in [0.4, 0.5) is 0 Å². The van der Waals surface area contributed by atoms with E-state index in [9.17, 15) is 16.8 Å². The van der Waals surface area contributed by atoms with E-state index in [0.717, 1.165) is 19.3 Å². The van der Waals surface area contributed by atoms with Crippen molar-refractivity contribution in [3.63, 3.8) is 0 Å². The predicted octanol–water partition coefficient (Wildman–Crippen LogP) is 2.94. The Morgan fingerprint density at radius 2 is 1.24 bits per heavy atom. The minimum absolute atomic E-state index is 0.172. The Labute approximate surface area is 127 Å². The van der Waals surface area contributed by atoms with E-state index in [1.807, 2.05) is 0 Å². The highest BCUT2D eigenvalue weighted by atomic mass is 32.3. The molecule has 1 unspecified atom stereocenters. The third kappa shape index (κ3) is 13.2. The molecule has 0 amide bonds. The molecule has 0 saturated heterocycles. The van der Waals surface area contributed by atoms with Crippen LogP contribution in [0.1, 0.15) is 71.1 Å². The van der Waals surface area contributed by atoms with Gasteiger partial charge < -0.3 is 0 Å². The quantitative estimate of drug-likeness (QED) is 0.389. The van der Waals surface area contributed by atoms with E-state index in [4.69, 9.17) is 9.11 Å². The Kier molecular flexibility index (Phi) is 10.4. The maximum Gasteiger partial charge on any atom is 0.398 e. The minimum Gasteiger partial charge on any atom is -0.284 e. The zero-order valence-electron chi connectivity index (χ0n) is 12.4. The molecule has 9 heteroatoms. The van der Waals surface area contributed by atoms with Crippen LogP contribution in [0.5, 0.6) is 0 Å². The third-order valence-electron chi connectivity index (χ3n) is 3.10. The van der Waals surface area contributed by atoms with Gasteiger partial charge in [0.25, 0.3) is 10.1 Å². The molecule has 128 valence electrons. The molecule has 0 aromatic heterocycles. The molecule has 1 atom stereocenters. The van der Waals surface area contributed by atoms with Crippen LogP contribution in [0, 0.1) is 0 Å². The van der Waals surface area contributed by atoms with Crippen LogP contribution in [-0.2, 0) is 24.7 Å². The van der Waals surface area contributed by atoms with E-state index in [-0.39, 0.29) is 6.42 Å². The van der Waals surface area contributed by atoms with Crippen LogP contribution in [-0.4, -0.2) is 31.4 Å². The van der Waals surface area contributed by atoms with Gasteiger partial charge in [-0.25, -0.2) is 4.18 Å². The standard InChI is InChI=1S/C12H26O7S2/c1-2-3-4-5-6-7-8-9-10-11-12(20(13,14)15)19-21(16,17)18/h12H,2-11H2,1H3,(H,13,14,15)(H,16,17,18). The van der Waals surface area contributed by atoms with Crippen LogP contribution < -0.4 is 0 Å². The molecule has 0 saturated carbocycles. The van der Waals surface area contributed by atoms with Gasteiger partial charge >= 0.3 is 10.4 Å². The van der Waals surface area contributed by atoms with Crippen molar-refractivity contribution < 1.29 is 30.1 Å². The summed E-state index contributed by atoms with van der Waals surface area (Å²) in [5, 5.41) is 0. The molecule has 0 radical (unpaired) electrons. The molecular formula is C12H26O7S2. The van der Waals surface area contributed by atoms with Gasteiger partial charge in [-0.05, 0) is 12.8 Å². The molecule has 0 heterocycles. The molecular weight excluding hydrogens is 320 g/mol. The predicted molar refractivity (Wildman–Crippen MR) is 79.8 cm³/mol. The zero-order chi connectivity index (χ0) is 16.4. The van der Waals surface area contributed by atoms with Gasteiger partial charge in [0.1, 0.15) is 0 Å². The molecule has 0 aliphatic heterocycles. The average molecular weight is 346 g/mol. The summed E-state index contributed by atoms with van der Waals surface area (Å²) in [6, 6.07) is 0. The van der Waals surface area contributed by atoms with Gasteiger partial charge in [0.05, 0.1) is 0 Å². The lowest BCUT2D eigenvalue weighted by molar-refractivity contribution is 0.216. The van der Waals surface area contributed by atoms with Gasteiger partial charge in [0.2, 0.25) is 5.44 Å². The number of hydrogen-bond acceptors (Lipinski definition) is 5. The Morgan fingerprint density at radius 1 is 0.810 bits per heavy atom. The van der Waals surface area contributed by atoms with Crippen LogP contribution >= 0.6 is 0 Å². The number of unbranched alkanes of at least 4 members (excludes halogenated alkanes) is 8. The second-order valence-corrected chi connectivity index (χ2v) is 7.69. The lowest BCUT2D eigenvalue weighted by Crippen LogP contribution is -2.26. The summed E-state index contributed by atoms with van der Waals surface area (Å²) < 4.78 is 64.1. The van der Waals surface area contributed by atoms with Gasteiger partial charge in [0, 0.05) is 0 Å². The summed E-state index contributed by atoms with van der Waals surface area (Å²) in [6.45, 7) is 2.15. The molecule has 0 aromatic rings. The molecule has 0 bridgehead atoms. The largest absolute Gasteiger partial charge is 0.398 e. The Balaban J connectivity index is 3.85. The fourth-order valence-corrected chi connectivity index (χ4v) is 3.53. The highest BCUT2D eigenvalue weighted by molar-refractivity contribution is 7.87. The van der Waals surface area contributed by atoms with Crippen LogP contribution in [0.15, 0.2) is 0 Å². The molecule has 0 aromatic carbocycles. The highest BCUT2D eigenvalue weighted by Gasteiger charge is 2.28. The first-order chi connectivity index (χ1) is 9.67. The summed E-state index contributed by atoms with van der Waals surface area (Å²) in [4.78, 5) is 0. The van der Waals surface area contributed by atoms with E-state index in [1.54, 1.807) is 0 Å². The van der Waals surface area contributed by atoms with E-state index in [1.165, 1.54) is 25.7 Å².